The molecule has 0 aromatic carbocycles. The predicted octanol–water partition coefficient (Wildman–Crippen LogP) is -4.76. The zero-order valence-corrected chi connectivity index (χ0v) is 7.17. The summed E-state index contributed by atoms with van der Waals surface area (Å²) in [6, 6.07) is 0. The van der Waals surface area contributed by atoms with Crippen LogP contribution in [0.25, 0.3) is 0 Å². The second kappa shape index (κ2) is 12.3. The van der Waals surface area contributed by atoms with E-state index in [1.165, 1.54) is 0 Å². The van der Waals surface area contributed by atoms with E-state index in [1.807, 2.05) is 0 Å². The van der Waals surface area contributed by atoms with Crippen LogP contribution in [0.3, 0.4) is 0 Å². The van der Waals surface area contributed by atoms with Crippen LogP contribution in [0.5, 0.6) is 0 Å². The minimum absolute atomic E-state index is 0. The molecule has 0 fully saturated rings. The summed E-state index contributed by atoms with van der Waals surface area (Å²) in [6.45, 7) is 0. The van der Waals surface area contributed by atoms with Crippen LogP contribution < -0.4 is 10.2 Å². The third-order valence-corrected chi connectivity index (χ3v) is 0.533. The normalized spacial score (nSPS) is 6.18. The summed E-state index contributed by atoms with van der Waals surface area (Å²) in [5.74, 6) is -2.73. The van der Waals surface area contributed by atoms with Gasteiger partial charge in [0.25, 0.3) is 0 Å². The van der Waals surface area contributed by atoms with E-state index in [2.05, 4.69) is 0 Å². The van der Waals surface area contributed by atoms with Crippen molar-refractivity contribution in [1.29, 1.82) is 0 Å². The van der Waals surface area contributed by atoms with Crippen LogP contribution in [0.4, 0.5) is 0 Å². The third kappa shape index (κ3) is 26.2. The summed E-state index contributed by atoms with van der Waals surface area (Å²) in [4.78, 5) is 19.0. The van der Waals surface area contributed by atoms with Crippen molar-refractivity contribution in [3.63, 3.8) is 0 Å². The Kier molecular flexibility index (Phi) is 25.1. The van der Waals surface area contributed by atoms with Gasteiger partial charge in [-0.25, -0.2) is 0 Å². The molecule has 0 amide bonds. The first-order chi connectivity index (χ1) is 3.63. The Labute approximate surface area is 79.0 Å². The Morgan fingerprint density at radius 3 is 1.18 bits per heavy atom. The van der Waals surface area contributed by atoms with Crippen molar-refractivity contribution in [2.45, 2.75) is 12.8 Å². The molecule has 0 saturated heterocycles. The maximum atomic E-state index is 9.50. The number of carbonyl (C=O) groups excluding carboxylic acids is 2. The fourth-order valence-corrected chi connectivity index (χ4v) is 0.204. The SMILES string of the molecule is O.O.O=C([O-])CCC(=O)[O-].[Mg+2]. The molecule has 0 bridgehead atoms. The van der Waals surface area contributed by atoms with Gasteiger partial charge in [-0.2, -0.15) is 0 Å². The van der Waals surface area contributed by atoms with Gasteiger partial charge >= 0.3 is 23.1 Å². The van der Waals surface area contributed by atoms with Crippen LogP contribution in [0, 0.1) is 0 Å². The Morgan fingerprint density at radius 2 is 1.09 bits per heavy atom. The molecule has 0 atom stereocenters. The molecule has 0 aromatic rings. The number of aliphatic carboxylic acids is 2. The average Bonchev–Trinajstić information content (AvgIpc) is 1.61. The molecule has 0 unspecified atom stereocenters. The predicted molar refractivity (Wildman–Crippen MR) is 32.2 cm³/mol. The van der Waals surface area contributed by atoms with Crippen LogP contribution in [-0.2, 0) is 9.59 Å². The van der Waals surface area contributed by atoms with Crippen LogP contribution in [0.15, 0.2) is 0 Å². The third-order valence-electron chi connectivity index (χ3n) is 0.533. The Morgan fingerprint density at radius 1 is 0.909 bits per heavy atom. The molecule has 0 aliphatic carbocycles. The maximum Gasteiger partial charge on any atom is 2.00 e. The van der Waals surface area contributed by atoms with Crippen molar-refractivity contribution >= 4 is 35.0 Å². The van der Waals surface area contributed by atoms with Gasteiger partial charge in [-0.3, -0.25) is 0 Å². The fourth-order valence-electron chi connectivity index (χ4n) is 0.204. The molecule has 11 heavy (non-hydrogen) atoms. The summed E-state index contributed by atoms with van der Waals surface area (Å²) in [7, 11) is 0. The number of hydrogen-bond donors (Lipinski definition) is 0. The smallest absolute Gasteiger partial charge is 0.550 e. The topological polar surface area (TPSA) is 143 Å². The molecule has 0 radical (unpaired) electrons. The first kappa shape index (κ1) is 22.4. The van der Waals surface area contributed by atoms with Crippen molar-refractivity contribution in [3.05, 3.63) is 0 Å². The largest absolute Gasteiger partial charge is 2.00 e. The van der Waals surface area contributed by atoms with Crippen molar-refractivity contribution in [2.75, 3.05) is 0 Å². The molecule has 0 aliphatic heterocycles. The summed E-state index contributed by atoms with van der Waals surface area (Å²) in [5, 5.41) is 19.0. The standard InChI is InChI=1S/C4H6O4.Mg.2H2O/c5-3(6)1-2-4(7)8;;;/h1-2H2,(H,5,6)(H,7,8);;2*1H2/q;+2;;/p-2. The number of rotatable bonds is 3. The van der Waals surface area contributed by atoms with Crippen LogP contribution in [-0.4, -0.2) is 45.9 Å². The molecule has 0 aromatic heterocycles. The summed E-state index contributed by atoms with van der Waals surface area (Å²) >= 11 is 0. The molecule has 0 rings (SSSR count). The molecule has 0 aliphatic rings. The molecule has 62 valence electrons. The zero-order valence-electron chi connectivity index (χ0n) is 5.75. The minimum atomic E-state index is -1.37. The summed E-state index contributed by atoms with van der Waals surface area (Å²) in [5.41, 5.74) is 0. The maximum absolute atomic E-state index is 9.50. The number of carboxylic acids is 2. The second-order valence-corrected chi connectivity index (χ2v) is 1.24. The van der Waals surface area contributed by atoms with Crippen molar-refractivity contribution < 1.29 is 30.8 Å². The summed E-state index contributed by atoms with van der Waals surface area (Å²) < 4.78 is 0. The molecule has 7 heteroatoms. The average molecular weight is 176 g/mol. The van der Waals surface area contributed by atoms with Gasteiger partial charge in [-0.05, 0) is 12.8 Å². The molecule has 0 saturated carbocycles. The Balaban J connectivity index is -0.0000000817. The Hall–Kier alpha value is -0.374. The summed E-state index contributed by atoms with van der Waals surface area (Å²) in [6.07, 6.45) is -0.940. The van der Waals surface area contributed by atoms with Crippen LogP contribution in [0.2, 0.25) is 0 Å². The molecule has 4 N–H and O–H groups in total. The van der Waals surface area contributed by atoms with Gasteiger partial charge in [0, 0.05) is 11.9 Å². The first-order valence-corrected chi connectivity index (χ1v) is 2.02. The van der Waals surface area contributed by atoms with E-state index < -0.39 is 24.8 Å². The quantitative estimate of drug-likeness (QED) is 0.397. The van der Waals surface area contributed by atoms with Gasteiger partial charge in [-0.15, -0.1) is 0 Å². The molecular weight excluding hydrogens is 168 g/mol. The van der Waals surface area contributed by atoms with E-state index in [-0.39, 0.29) is 34.0 Å². The molecule has 0 spiro atoms. The fraction of sp³-hybridized carbons (Fsp3) is 0.500. The first-order valence-electron chi connectivity index (χ1n) is 2.02. The van der Waals surface area contributed by atoms with Crippen molar-refractivity contribution in [2.24, 2.45) is 0 Å². The number of hydrogen-bond acceptors (Lipinski definition) is 4. The van der Waals surface area contributed by atoms with Gasteiger partial charge in [0.15, 0.2) is 0 Å². The monoisotopic (exact) mass is 176 g/mol. The number of carboxylic acid groups (broad SMARTS) is 2. The molecule has 0 heterocycles. The minimum Gasteiger partial charge on any atom is -0.550 e. The van der Waals surface area contributed by atoms with Gasteiger partial charge < -0.3 is 30.8 Å². The van der Waals surface area contributed by atoms with Crippen molar-refractivity contribution in [3.8, 4) is 0 Å². The van der Waals surface area contributed by atoms with Crippen LogP contribution in [0.1, 0.15) is 12.8 Å². The van der Waals surface area contributed by atoms with E-state index in [4.69, 9.17) is 0 Å². The van der Waals surface area contributed by atoms with Gasteiger partial charge in [0.05, 0.1) is 0 Å². The number of carbonyl (C=O) groups is 2. The van der Waals surface area contributed by atoms with Gasteiger partial charge in [-0.1, -0.05) is 0 Å². The van der Waals surface area contributed by atoms with E-state index in [0.717, 1.165) is 0 Å². The van der Waals surface area contributed by atoms with Gasteiger partial charge in [0.2, 0.25) is 0 Å². The van der Waals surface area contributed by atoms with E-state index in [0.29, 0.717) is 0 Å². The van der Waals surface area contributed by atoms with Gasteiger partial charge in [0.1, 0.15) is 0 Å². The Bertz CT molecular complexity index is 99.1. The molecule has 6 nitrogen and oxygen atoms in total. The molecular formula is C4H8MgO6. The van der Waals surface area contributed by atoms with E-state index in [1.54, 1.807) is 0 Å². The second-order valence-electron chi connectivity index (χ2n) is 1.24. The van der Waals surface area contributed by atoms with Crippen LogP contribution >= 0.6 is 0 Å². The van der Waals surface area contributed by atoms with E-state index in [9.17, 15) is 19.8 Å². The zero-order chi connectivity index (χ0) is 6.57. The van der Waals surface area contributed by atoms with Crippen molar-refractivity contribution in [1.82, 2.24) is 0 Å². The van der Waals surface area contributed by atoms with E-state index >= 15 is 0 Å².